The maximum Gasteiger partial charge on any atom is 0.206 e. The van der Waals surface area contributed by atoms with E-state index in [-0.39, 0.29) is 0 Å². The van der Waals surface area contributed by atoms with Crippen LogP contribution < -0.4 is 0 Å². The van der Waals surface area contributed by atoms with Crippen molar-refractivity contribution in [2.24, 2.45) is 0 Å². The molecule has 0 aromatic heterocycles. The molecule has 0 fully saturated rings. The minimum Gasteiger partial charge on any atom is -0.219 e. The molecule has 0 aliphatic carbocycles. The fourth-order valence-corrected chi connectivity index (χ4v) is 5.03. The van der Waals surface area contributed by atoms with Gasteiger partial charge in [0.1, 0.15) is 0 Å². The largest absolute Gasteiger partial charge is 0.219 e. The summed E-state index contributed by atoms with van der Waals surface area (Å²) in [7, 11) is -3.53. The maximum atomic E-state index is 13.1. The van der Waals surface area contributed by atoms with Crippen molar-refractivity contribution in [1.29, 1.82) is 0 Å². The van der Waals surface area contributed by atoms with Crippen LogP contribution in [-0.2, 0) is 22.7 Å². The maximum absolute atomic E-state index is 13.1. The highest BCUT2D eigenvalue weighted by molar-refractivity contribution is 7.91. The molecule has 0 unspecified atom stereocenters. The Bertz CT molecular complexity index is 1190. The first-order valence-corrected chi connectivity index (χ1v) is 11.9. The van der Waals surface area contributed by atoms with Crippen LogP contribution in [0.1, 0.15) is 33.4 Å². The molecule has 4 aromatic rings. The minimum absolute atomic E-state index is 0.327. The number of sulfone groups is 1. The van der Waals surface area contributed by atoms with Crippen molar-refractivity contribution in [2.45, 2.75) is 36.5 Å². The highest BCUT2D eigenvalue weighted by atomic mass is 32.2. The lowest BCUT2D eigenvalue weighted by Crippen LogP contribution is -2.03. The van der Waals surface area contributed by atoms with E-state index in [0.717, 1.165) is 24.0 Å². The van der Waals surface area contributed by atoms with Gasteiger partial charge in [0.2, 0.25) is 9.84 Å². The molecule has 0 bridgehead atoms. The van der Waals surface area contributed by atoms with E-state index < -0.39 is 9.84 Å². The van der Waals surface area contributed by atoms with Gasteiger partial charge in [-0.2, -0.15) is 0 Å². The summed E-state index contributed by atoms with van der Waals surface area (Å²) in [5.41, 5.74) is 7.18. The average molecular weight is 427 g/mol. The lowest BCUT2D eigenvalue weighted by atomic mass is 10.0. The first kappa shape index (κ1) is 21.1. The summed E-state index contributed by atoms with van der Waals surface area (Å²) < 4.78 is 26.2. The Morgan fingerprint density at radius 2 is 0.871 bits per heavy atom. The van der Waals surface area contributed by atoms with Gasteiger partial charge in [0.15, 0.2) is 0 Å². The molecule has 0 spiro atoms. The molecule has 31 heavy (non-hydrogen) atoms. The van der Waals surface area contributed by atoms with Gasteiger partial charge in [-0.1, -0.05) is 72.8 Å². The summed E-state index contributed by atoms with van der Waals surface area (Å²) in [5, 5.41) is 0. The molecule has 0 atom stereocenters. The van der Waals surface area contributed by atoms with Gasteiger partial charge < -0.3 is 0 Å². The highest BCUT2D eigenvalue weighted by Crippen LogP contribution is 2.24. The Balaban J connectivity index is 1.51. The molecule has 0 saturated heterocycles. The molecule has 0 aliphatic rings. The zero-order valence-corrected chi connectivity index (χ0v) is 18.7. The van der Waals surface area contributed by atoms with E-state index in [1.165, 1.54) is 22.3 Å². The van der Waals surface area contributed by atoms with Crippen LogP contribution >= 0.6 is 0 Å². The van der Waals surface area contributed by atoms with Gasteiger partial charge in [-0.15, -0.1) is 0 Å². The van der Waals surface area contributed by atoms with Crippen LogP contribution in [0.3, 0.4) is 0 Å². The highest BCUT2D eigenvalue weighted by Gasteiger charge is 2.17. The smallest absolute Gasteiger partial charge is 0.206 e. The van der Waals surface area contributed by atoms with Crippen LogP contribution in [0.2, 0.25) is 0 Å². The molecule has 0 heterocycles. The number of aryl methyl sites for hydroxylation is 2. The first-order valence-electron chi connectivity index (χ1n) is 10.5. The summed E-state index contributed by atoms with van der Waals surface area (Å²) in [6.07, 6.45) is 1.58. The van der Waals surface area contributed by atoms with Crippen molar-refractivity contribution < 1.29 is 8.42 Å². The molecule has 0 saturated carbocycles. The van der Waals surface area contributed by atoms with Gasteiger partial charge in [0.05, 0.1) is 9.79 Å². The van der Waals surface area contributed by atoms with Crippen molar-refractivity contribution in [3.05, 3.63) is 130 Å². The summed E-state index contributed by atoms with van der Waals surface area (Å²) >= 11 is 0. The average Bonchev–Trinajstić information content (AvgIpc) is 2.78. The zero-order valence-electron chi connectivity index (χ0n) is 17.9. The lowest BCUT2D eigenvalue weighted by molar-refractivity contribution is 0.596. The lowest BCUT2D eigenvalue weighted by Gasteiger charge is -2.09. The molecule has 4 aromatic carbocycles. The Labute approximate surface area is 185 Å². The summed E-state index contributed by atoms with van der Waals surface area (Å²) in [5.74, 6) is 0. The molecule has 0 amide bonds. The molecule has 4 rings (SSSR count). The second-order valence-corrected chi connectivity index (χ2v) is 9.95. The Morgan fingerprint density at radius 1 is 0.516 bits per heavy atom. The third kappa shape index (κ3) is 4.78. The number of hydrogen-bond donors (Lipinski definition) is 0. The van der Waals surface area contributed by atoms with E-state index in [0.29, 0.717) is 9.79 Å². The normalized spacial score (nSPS) is 11.4. The number of hydrogen-bond acceptors (Lipinski definition) is 2. The van der Waals surface area contributed by atoms with E-state index in [1.54, 1.807) is 24.3 Å². The zero-order chi connectivity index (χ0) is 21.8. The van der Waals surface area contributed by atoms with Crippen LogP contribution in [-0.4, -0.2) is 8.42 Å². The standard InChI is InChI=1S/C28H26O2S/c1-21-7-3-5-9-25(21)19-23-11-15-27(16-12-23)31(29,30)28-17-13-24(14-18-28)20-26-10-6-4-8-22(26)2/h3-18H,19-20H2,1-2H3. The van der Waals surface area contributed by atoms with Crippen molar-refractivity contribution >= 4 is 9.84 Å². The van der Waals surface area contributed by atoms with Gasteiger partial charge in [0.25, 0.3) is 0 Å². The van der Waals surface area contributed by atoms with E-state index in [1.807, 2.05) is 48.5 Å². The monoisotopic (exact) mass is 426 g/mol. The van der Waals surface area contributed by atoms with Gasteiger partial charge in [-0.05, 0) is 84.3 Å². The fourth-order valence-electron chi connectivity index (χ4n) is 3.77. The molecule has 0 radical (unpaired) electrons. The predicted octanol–water partition coefficient (Wildman–Crippen LogP) is 6.32. The van der Waals surface area contributed by atoms with Crippen molar-refractivity contribution in [3.63, 3.8) is 0 Å². The summed E-state index contributed by atoms with van der Waals surface area (Å²) in [6, 6.07) is 31.0. The molecule has 0 N–H and O–H groups in total. The van der Waals surface area contributed by atoms with Gasteiger partial charge in [-0.3, -0.25) is 0 Å². The van der Waals surface area contributed by atoms with Gasteiger partial charge >= 0.3 is 0 Å². The van der Waals surface area contributed by atoms with E-state index in [4.69, 9.17) is 0 Å². The van der Waals surface area contributed by atoms with Gasteiger partial charge in [0, 0.05) is 0 Å². The molecule has 156 valence electrons. The van der Waals surface area contributed by atoms with Crippen LogP contribution in [0.4, 0.5) is 0 Å². The van der Waals surface area contributed by atoms with E-state index in [2.05, 4.69) is 38.1 Å². The topological polar surface area (TPSA) is 34.1 Å². The van der Waals surface area contributed by atoms with Crippen LogP contribution in [0.25, 0.3) is 0 Å². The molecule has 2 nitrogen and oxygen atoms in total. The van der Waals surface area contributed by atoms with Gasteiger partial charge in [-0.25, -0.2) is 8.42 Å². The Hall–Kier alpha value is -3.17. The Morgan fingerprint density at radius 3 is 1.23 bits per heavy atom. The van der Waals surface area contributed by atoms with Crippen LogP contribution in [0.15, 0.2) is 107 Å². The summed E-state index contributed by atoms with van der Waals surface area (Å²) in [6.45, 7) is 4.19. The quantitative estimate of drug-likeness (QED) is 0.362. The second kappa shape index (κ2) is 8.91. The van der Waals surface area contributed by atoms with Crippen LogP contribution in [0.5, 0.6) is 0 Å². The molecular weight excluding hydrogens is 400 g/mol. The predicted molar refractivity (Wildman–Crippen MR) is 126 cm³/mol. The van der Waals surface area contributed by atoms with E-state index in [9.17, 15) is 8.42 Å². The fraction of sp³-hybridized carbons (Fsp3) is 0.143. The van der Waals surface area contributed by atoms with E-state index >= 15 is 0 Å². The molecular formula is C28H26O2S. The Kier molecular flexibility index (Phi) is 6.06. The second-order valence-electron chi connectivity index (χ2n) is 8.00. The minimum atomic E-state index is -3.53. The van der Waals surface area contributed by atoms with Crippen molar-refractivity contribution in [3.8, 4) is 0 Å². The number of benzene rings is 4. The molecule has 0 aliphatic heterocycles. The number of rotatable bonds is 6. The summed E-state index contributed by atoms with van der Waals surface area (Å²) in [4.78, 5) is 0.653. The van der Waals surface area contributed by atoms with Crippen LogP contribution in [0, 0.1) is 13.8 Å². The third-order valence-corrected chi connectivity index (χ3v) is 7.56. The molecule has 3 heteroatoms. The SMILES string of the molecule is Cc1ccccc1Cc1ccc(S(=O)(=O)c2ccc(Cc3ccccc3C)cc2)cc1. The third-order valence-electron chi connectivity index (χ3n) is 5.78. The first-order chi connectivity index (χ1) is 14.9. The van der Waals surface area contributed by atoms with Crippen molar-refractivity contribution in [1.82, 2.24) is 0 Å². The van der Waals surface area contributed by atoms with Crippen molar-refractivity contribution in [2.75, 3.05) is 0 Å².